The molecule has 0 aliphatic heterocycles. The lowest BCUT2D eigenvalue weighted by atomic mass is 9.94. The van der Waals surface area contributed by atoms with Crippen LogP contribution in [0, 0.1) is 0 Å². The molecule has 0 aromatic heterocycles. The number of hydrogen-bond acceptors (Lipinski definition) is 2. The van der Waals surface area contributed by atoms with Crippen LogP contribution >= 0.6 is 0 Å². The van der Waals surface area contributed by atoms with Gasteiger partial charge in [0.2, 0.25) is 5.91 Å². The maximum atomic E-state index is 11.4. The largest absolute Gasteiger partial charge is 0.481 e. The van der Waals surface area contributed by atoms with Gasteiger partial charge in [-0.1, -0.05) is 11.6 Å². The van der Waals surface area contributed by atoms with Gasteiger partial charge in [-0.15, -0.1) is 0 Å². The maximum absolute atomic E-state index is 11.4. The SMILES string of the molecule is CC(NC(=O)CCC(=O)O)C1=CCCCC1. The fourth-order valence-corrected chi connectivity index (χ4v) is 1.88. The molecule has 2 N–H and O–H groups in total. The average Bonchev–Trinajstić information content (AvgIpc) is 2.27. The molecule has 0 spiro atoms. The molecule has 0 saturated heterocycles. The van der Waals surface area contributed by atoms with Crippen LogP contribution in [0.15, 0.2) is 11.6 Å². The number of hydrogen-bond donors (Lipinski definition) is 2. The van der Waals surface area contributed by atoms with Gasteiger partial charge in [0.15, 0.2) is 0 Å². The summed E-state index contributed by atoms with van der Waals surface area (Å²) in [4.78, 5) is 21.7. The van der Waals surface area contributed by atoms with E-state index in [1.807, 2.05) is 6.92 Å². The molecule has 0 radical (unpaired) electrons. The van der Waals surface area contributed by atoms with Crippen molar-refractivity contribution in [1.82, 2.24) is 5.32 Å². The van der Waals surface area contributed by atoms with Crippen LogP contribution in [0.4, 0.5) is 0 Å². The minimum Gasteiger partial charge on any atom is -0.481 e. The van der Waals surface area contributed by atoms with Crippen molar-refractivity contribution in [1.29, 1.82) is 0 Å². The predicted octanol–water partition coefficient (Wildman–Crippen LogP) is 1.86. The first-order chi connectivity index (χ1) is 7.59. The summed E-state index contributed by atoms with van der Waals surface area (Å²) in [7, 11) is 0. The predicted molar refractivity (Wildman–Crippen MR) is 61.0 cm³/mol. The molecule has 16 heavy (non-hydrogen) atoms. The molecule has 0 heterocycles. The van der Waals surface area contributed by atoms with Crippen LogP contribution in [0.1, 0.15) is 45.4 Å². The molecular formula is C12H19NO3. The van der Waals surface area contributed by atoms with Gasteiger partial charge in [0.25, 0.3) is 0 Å². The van der Waals surface area contributed by atoms with Crippen LogP contribution in [0.3, 0.4) is 0 Å². The summed E-state index contributed by atoms with van der Waals surface area (Å²) in [5.74, 6) is -1.11. The lowest BCUT2D eigenvalue weighted by Crippen LogP contribution is -2.34. The summed E-state index contributed by atoms with van der Waals surface area (Å²) in [5.41, 5.74) is 1.27. The van der Waals surface area contributed by atoms with Gasteiger partial charge in [0, 0.05) is 12.5 Å². The molecule has 4 nitrogen and oxygen atoms in total. The third-order valence-corrected chi connectivity index (χ3v) is 2.83. The fourth-order valence-electron chi connectivity index (χ4n) is 1.88. The first kappa shape index (κ1) is 12.7. The zero-order valence-electron chi connectivity index (χ0n) is 9.66. The summed E-state index contributed by atoms with van der Waals surface area (Å²) < 4.78 is 0. The Morgan fingerprint density at radius 3 is 2.75 bits per heavy atom. The number of carbonyl (C=O) groups is 2. The molecule has 90 valence electrons. The molecule has 0 fully saturated rings. The zero-order valence-corrected chi connectivity index (χ0v) is 9.66. The molecule has 0 aromatic rings. The summed E-state index contributed by atoms with van der Waals surface area (Å²) in [6.45, 7) is 1.95. The number of amides is 1. The zero-order chi connectivity index (χ0) is 12.0. The molecule has 0 bridgehead atoms. The van der Waals surface area contributed by atoms with E-state index in [0.717, 1.165) is 12.8 Å². The third kappa shape index (κ3) is 4.47. The van der Waals surface area contributed by atoms with Gasteiger partial charge in [-0.05, 0) is 32.6 Å². The Kier molecular flexibility index (Phi) is 5.02. The molecule has 1 amide bonds. The highest BCUT2D eigenvalue weighted by Crippen LogP contribution is 2.20. The number of rotatable bonds is 5. The van der Waals surface area contributed by atoms with Crippen molar-refractivity contribution in [2.75, 3.05) is 0 Å². The first-order valence-electron chi connectivity index (χ1n) is 5.79. The monoisotopic (exact) mass is 225 g/mol. The van der Waals surface area contributed by atoms with Gasteiger partial charge in [0.1, 0.15) is 0 Å². The Hall–Kier alpha value is -1.32. The molecule has 4 heteroatoms. The van der Waals surface area contributed by atoms with Crippen molar-refractivity contribution in [3.05, 3.63) is 11.6 Å². The van der Waals surface area contributed by atoms with Gasteiger partial charge >= 0.3 is 5.97 Å². The third-order valence-electron chi connectivity index (χ3n) is 2.83. The van der Waals surface area contributed by atoms with Gasteiger partial charge in [-0.25, -0.2) is 0 Å². The van der Waals surface area contributed by atoms with Crippen LogP contribution in [-0.2, 0) is 9.59 Å². The number of carboxylic acids is 1. The van der Waals surface area contributed by atoms with E-state index in [1.165, 1.54) is 18.4 Å². The lowest BCUT2D eigenvalue weighted by Gasteiger charge is -2.20. The van der Waals surface area contributed by atoms with Crippen molar-refractivity contribution >= 4 is 11.9 Å². The van der Waals surface area contributed by atoms with E-state index in [2.05, 4.69) is 11.4 Å². The summed E-state index contributed by atoms with van der Waals surface area (Å²) in [6, 6.07) is 0.0431. The van der Waals surface area contributed by atoms with E-state index in [1.54, 1.807) is 0 Å². The maximum Gasteiger partial charge on any atom is 0.303 e. The van der Waals surface area contributed by atoms with Crippen molar-refractivity contribution in [2.24, 2.45) is 0 Å². The fraction of sp³-hybridized carbons (Fsp3) is 0.667. The highest BCUT2D eigenvalue weighted by atomic mass is 16.4. The molecule has 1 unspecified atom stereocenters. The van der Waals surface area contributed by atoms with Gasteiger partial charge in [-0.3, -0.25) is 9.59 Å². The summed E-state index contributed by atoms with van der Waals surface area (Å²) in [5, 5.41) is 11.3. The second kappa shape index (κ2) is 6.30. The molecule has 0 aromatic carbocycles. The number of aliphatic carboxylic acids is 1. The van der Waals surface area contributed by atoms with Crippen molar-refractivity contribution in [3.63, 3.8) is 0 Å². The molecule has 1 rings (SSSR count). The van der Waals surface area contributed by atoms with E-state index >= 15 is 0 Å². The van der Waals surface area contributed by atoms with Crippen molar-refractivity contribution < 1.29 is 14.7 Å². The van der Waals surface area contributed by atoms with Crippen molar-refractivity contribution in [2.45, 2.75) is 51.5 Å². The molecule has 0 saturated carbocycles. The molecule has 1 aliphatic carbocycles. The normalized spacial score (nSPS) is 17.4. The number of nitrogens with one attached hydrogen (secondary N) is 1. The second-order valence-corrected chi connectivity index (χ2v) is 4.21. The van der Waals surface area contributed by atoms with E-state index in [0.29, 0.717) is 0 Å². The van der Waals surface area contributed by atoms with Crippen LogP contribution in [0.5, 0.6) is 0 Å². The summed E-state index contributed by atoms with van der Waals surface area (Å²) in [6.07, 6.45) is 6.69. The van der Waals surface area contributed by atoms with Crippen LogP contribution in [-0.4, -0.2) is 23.0 Å². The Bertz CT molecular complexity index is 297. The minimum absolute atomic E-state index is 0.0431. The minimum atomic E-state index is -0.931. The topological polar surface area (TPSA) is 66.4 Å². The van der Waals surface area contributed by atoms with Crippen molar-refractivity contribution in [3.8, 4) is 0 Å². The van der Waals surface area contributed by atoms with Gasteiger partial charge < -0.3 is 10.4 Å². The standard InChI is InChI=1S/C12H19NO3/c1-9(10-5-3-2-4-6-10)13-11(14)7-8-12(15)16/h5,9H,2-4,6-8H2,1H3,(H,13,14)(H,15,16). The van der Waals surface area contributed by atoms with Crippen LogP contribution in [0.25, 0.3) is 0 Å². The second-order valence-electron chi connectivity index (χ2n) is 4.21. The quantitative estimate of drug-likeness (QED) is 0.702. The molecule has 1 aliphatic rings. The Labute approximate surface area is 95.7 Å². The summed E-state index contributed by atoms with van der Waals surface area (Å²) >= 11 is 0. The average molecular weight is 225 g/mol. The first-order valence-corrected chi connectivity index (χ1v) is 5.79. The Morgan fingerprint density at radius 2 is 2.19 bits per heavy atom. The highest BCUT2D eigenvalue weighted by molar-refractivity contribution is 5.81. The van der Waals surface area contributed by atoms with E-state index < -0.39 is 5.97 Å². The smallest absolute Gasteiger partial charge is 0.303 e. The number of carbonyl (C=O) groups excluding carboxylic acids is 1. The molecule has 1 atom stereocenters. The highest BCUT2D eigenvalue weighted by Gasteiger charge is 2.14. The number of carboxylic acid groups (broad SMARTS) is 1. The molecular weight excluding hydrogens is 206 g/mol. The van der Waals surface area contributed by atoms with E-state index in [9.17, 15) is 9.59 Å². The van der Waals surface area contributed by atoms with Gasteiger partial charge in [-0.2, -0.15) is 0 Å². The number of allylic oxidation sites excluding steroid dienone is 1. The van der Waals surface area contributed by atoms with E-state index in [-0.39, 0.29) is 24.8 Å². The van der Waals surface area contributed by atoms with Gasteiger partial charge in [0.05, 0.1) is 6.42 Å². The Morgan fingerprint density at radius 1 is 1.44 bits per heavy atom. The van der Waals surface area contributed by atoms with E-state index in [4.69, 9.17) is 5.11 Å². The Balaban J connectivity index is 2.32. The van der Waals surface area contributed by atoms with Crippen LogP contribution < -0.4 is 5.32 Å². The lowest BCUT2D eigenvalue weighted by molar-refractivity contribution is -0.138. The van der Waals surface area contributed by atoms with Crippen LogP contribution in [0.2, 0.25) is 0 Å².